The molecule has 0 radical (unpaired) electrons. The summed E-state index contributed by atoms with van der Waals surface area (Å²) in [5.74, 6) is 0.962. The summed E-state index contributed by atoms with van der Waals surface area (Å²) in [5, 5.41) is 2.66. The minimum Gasteiger partial charge on any atom is -0.0648 e. The second kappa shape index (κ2) is 8.22. The van der Waals surface area contributed by atoms with E-state index >= 15 is 0 Å². The van der Waals surface area contributed by atoms with Crippen LogP contribution in [0.25, 0.3) is 10.8 Å². The lowest BCUT2D eigenvalue weighted by molar-refractivity contribution is 0.563. The standard InChI is InChI=1S/C27H26/c1-2-21(26-18-17-22-11-9-10-16-25(22)19-26)20-27(23-12-5-3-6-13-23)24-14-7-4-8-15-24/h3-19,21,27H,2,20H2,1H3. The molecular formula is C27H26. The van der Waals surface area contributed by atoms with Crippen LogP contribution in [0.15, 0.2) is 103 Å². The molecule has 0 nitrogen and oxygen atoms in total. The van der Waals surface area contributed by atoms with Gasteiger partial charge in [0.25, 0.3) is 0 Å². The van der Waals surface area contributed by atoms with Gasteiger partial charge in [-0.2, -0.15) is 0 Å². The Morgan fingerprint density at radius 2 is 1.11 bits per heavy atom. The molecule has 0 aromatic heterocycles. The van der Waals surface area contributed by atoms with Crippen LogP contribution in [0.2, 0.25) is 0 Å². The lowest BCUT2D eigenvalue weighted by Gasteiger charge is -2.24. The molecule has 4 aromatic rings. The molecule has 134 valence electrons. The largest absolute Gasteiger partial charge is 0.0648 e. The van der Waals surface area contributed by atoms with Crippen molar-refractivity contribution in [2.75, 3.05) is 0 Å². The topological polar surface area (TPSA) is 0 Å². The van der Waals surface area contributed by atoms with Gasteiger partial charge < -0.3 is 0 Å². The minimum absolute atomic E-state index is 0.420. The van der Waals surface area contributed by atoms with Gasteiger partial charge in [-0.3, -0.25) is 0 Å². The number of fused-ring (bicyclic) bond motifs is 1. The van der Waals surface area contributed by atoms with E-state index in [9.17, 15) is 0 Å². The summed E-state index contributed by atoms with van der Waals surface area (Å²) in [6, 6.07) is 37.5. The van der Waals surface area contributed by atoms with E-state index in [2.05, 4.69) is 110 Å². The molecule has 0 aliphatic carbocycles. The second-order valence-electron chi connectivity index (χ2n) is 7.32. The Morgan fingerprint density at radius 1 is 0.556 bits per heavy atom. The predicted molar refractivity (Wildman–Crippen MR) is 116 cm³/mol. The second-order valence-corrected chi connectivity index (χ2v) is 7.32. The van der Waals surface area contributed by atoms with Gasteiger partial charge in [0.15, 0.2) is 0 Å². The van der Waals surface area contributed by atoms with E-state index in [1.165, 1.54) is 27.5 Å². The van der Waals surface area contributed by atoms with Crippen LogP contribution in [0.5, 0.6) is 0 Å². The third-order valence-corrected chi connectivity index (χ3v) is 5.66. The Kier molecular flexibility index (Phi) is 5.34. The highest BCUT2D eigenvalue weighted by atomic mass is 14.2. The highest BCUT2D eigenvalue weighted by molar-refractivity contribution is 5.83. The van der Waals surface area contributed by atoms with Gasteiger partial charge in [0.2, 0.25) is 0 Å². The molecule has 1 atom stereocenters. The van der Waals surface area contributed by atoms with Crippen LogP contribution < -0.4 is 0 Å². The van der Waals surface area contributed by atoms with Crippen LogP contribution in [0.1, 0.15) is 48.3 Å². The lowest BCUT2D eigenvalue weighted by Crippen LogP contribution is -2.08. The van der Waals surface area contributed by atoms with Gasteiger partial charge in [0, 0.05) is 5.92 Å². The first-order valence-electron chi connectivity index (χ1n) is 9.93. The fraction of sp³-hybridized carbons (Fsp3) is 0.185. The van der Waals surface area contributed by atoms with Crippen molar-refractivity contribution < 1.29 is 0 Å². The number of benzene rings is 4. The van der Waals surface area contributed by atoms with E-state index in [4.69, 9.17) is 0 Å². The Bertz CT molecular complexity index is 946. The van der Waals surface area contributed by atoms with Crippen molar-refractivity contribution in [3.8, 4) is 0 Å². The summed E-state index contributed by atoms with van der Waals surface area (Å²) in [5.41, 5.74) is 4.26. The van der Waals surface area contributed by atoms with Gasteiger partial charge in [-0.25, -0.2) is 0 Å². The van der Waals surface area contributed by atoms with Crippen molar-refractivity contribution >= 4 is 10.8 Å². The normalized spacial score (nSPS) is 12.4. The first-order chi connectivity index (χ1) is 13.3. The summed E-state index contributed by atoms with van der Waals surface area (Å²) >= 11 is 0. The maximum Gasteiger partial charge on any atom is 0.00951 e. The minimum atomic E-state index is 0.420. The van der Waals surface area contributed by atoms with Crippen LogP contribution in [-0.4, -0.2) is 0 Å². The van der Waals surface area contributed by atoms with Gasteiger partial charge >= 0.3 is 0 Å². The lowest BCUT2D eigenvalue weighted by atomic mass is 9.80. The number of hydrogen-bond donors (Lipinski definition) is 0. The van der Waals surface area contributed by atoms with Crippen molar-refractivity contribution in [1.82, 2.24) is 0 Å². The Hall–Kier alpha value is -2.86. The van der Waals surface area contributed by atoms with E-state index in [1.807, 2.05) is 0 Å². The summed E-state index contributed by atoms with van der Waals surface area (Å²) in [7, 11) is 0. The molecule has 4 rings (SSSR count). The molecule has 0 bridgehead atoms. The smallest absolute Gasteiger partial charge is 0.00951 e. The molecule has 0 saturated carbocycles. The van der Waals surface area contributed by atoms with Crippen LogP contribution in [-0.2, 0) is 0 Å². The molecule has 27 heavy (non-hydrogen) atoms. The van der Waals surface area contributed by atoms with Gasteiger partial charge in [-0.15, -0.1) is 0 Å². The summed E-state index contributed by atoms with van der Waals surface area (Å²) in [6.07, 6.45) is 2.28. The molecule has 0 heteroatoms. The Morgan fingerprint density at radius 3 is 1.70 bits per heavy atom. The van der Waals surface area contributed by atoms with Crippen molar-refractivity contribution in [2.45, 2.75) is 31.6 Å². The third-order valence-electron chi connectivity index (χ3n) is 5.66. The molecule has 4 aromatic carbocycles. The van der Waals surface area contributed by atoms with Crippen LogP contribution >= 0.6 is 0 Å². The number of hydrogen-bond acceptors (Lipinski definition) is 0. The highest BCUT2D eigenvalue weighted by Gasteiger charge is 2.20. The van der Waals surface area contributed by atoms with E-state index in [0.29, 0.717) is 11.8 Å². The SMILES string of the molecule is CCC(CC(c1ccccc1)c1ccccc1)c1ccc2ccccc2c1. The Balaban J connectivity index is 1.69. The van der Waals surface area contributed by atoms with Crippen molar-refractivity contribution in [3.63, 3.8) is 0 Å². The molecule has 1 unspecified atom stereocenters. The van der Waals surface area contributed by atoms with E-state index in [0.717, 1.165) is 12.8 Å². The maximum atomic E-state index is 2.39. The highest BCUT2D eigenvalue weighted by Crippen LogP contribution is 2.37. The van der Waals surface area contributed by atoms with E-state index in [-0.39, 0.29) is 0 Å². The fourth-order valence-electron chi connectivity index (χ4n) is 4.12. The van der Waals surface area contributed by atoms with Crippen LogP contribution in [0.3, 0.4) is 0 Å². The molecule has 0 N–H and O–H groups in total. The van der Waals surface area contributed by atoms with Crippen LogP contribution in [0.4, 0.5) is 0 Å². The van der Waals surface area contributed by atoms with Crippen LogP contribution in [0, 0.1) is 0 Å². The summed E-state index contributed by atoms with van der Waals surface area (Å²) in [6.45, 7) is 2.31. The Labute approximate surface area is 162 Å². The molecule has 0 saturated heterocycles. The molecule has 0 amide bonds. The van der Waals surface area contributed by atoms with E-state index in [1.54, 1.807) is 0 Å². The number of rotatable bonds is 6. The quantitative estimate of drug-likeness (QED) is 0.336. The maximum absolute atomic E-state index is 2.39. The van der Waals surface area contributed by atoms with Gasteiger partial charge in [-0.1, -0.05) is 110 Å². The third kappa shape index (κ3) is 3.95. The summed E-state index contributed by atoms with van der Waals surface area (Å²) in [4.78, 5) is 0. The van der Waals surface area contributed by atoms with Crippen molar-refractivity contribution in [1.29, 1.82) is 0 Å². The molecule has 0 aliphatic heterocycles. The molecular weight excluding hydrogens is 324 g/mol. The molecule has 0 spiro atoms. The van der Waals surface area contributed by atoms with Crippen molar-refractivity contribution in [3.05, 3.63) is 120 Å². The molecule has 0 heterocycles. The zero-order valence-electron chi connectivity index (χ0n) is 15.9. The first-order valence-corrected chi connectivity index (χ1v) is 9.93. The first kappa shape index (κ1) is 17.5. The summed E-state index contributed by atoms with van der Waals surface area (Å²) < 4.78 is 0. The molecule has 0 fully saturated rings. The van der Waals surface area contributed by atoms with Gasteiger partial charge in [0.1, 0.15) is 0 Å². The monoisotopic (exact) mass is 350 g/mol. The van der Waals surface area contributed by atoms with Crippen molar-refractivity contribution in [2.24, 2.45) is 0 Å². The zero-order valence-corrected chi connectivity index (χ0v) is 15.9. The molecule has 0 aliphatic rings. The van der Waals surface area contributed by atoms with Gasteiger partial charge in [0.05, 0.1) is 0 Å². The average molecular weight is 351 g/mol. The van der Waals surface area contributed by atoms with E-state index < -0.39 is 0 Å². The zero-order chi connectivity index (χ0) is 18.5. The predicted octanol–water partition coefficient (Wildman–Crippen LogP) is 7.56. The average Bonchev–Trinajstić information content (AvgIpc) is 2.75. The fourth-order valence-corrected chi connectivity index (χ4v) is 4.12. The van der Waals surface area contributed by atoms with Gasteiger partial charge in [-0.05, 0) is 46.2 Å².